The highest BCUT2D eigenvalue weighted by Gasteiger charge is 2.23. The molecule has 0 bridgehead atoms. The fourth-order valence-electron chi connectivity index (χ4n) is 3.42. The molecule has 3 rings (SSSR count). The summed E-state index contributed by atoms with van der Waals surface area (Å²) in [4.78, 5) is 14.6. The summed E-state index contributed by atoms with van der Waals surface area (Å²) in [7, 11) is -3.12. The molecule has 0 atom stereocenters. The van der Waals surface area contributed by atoms with Crippen LogP contribution >= 0.6 is 35.0 Å². The van der Waals surface area contributed by atoms with Crippen LogP contribution in [0.3, 0.4) is 0 Å². The van der Waals surface area contributed by atoms with Crippen molar-refractivity contribution >= 4 is 50.9 Å². The van der Waals surface area contributed by atoms with Gasteiger partial charge < -0.3 is 5.32 Å². The highest BCUT2D eigenvalue weighted by atomic mass is 35.5. The van der Waals surface area contributed by atoms with Crippen LogP contribution in [0.4, 0.5) is 0 Å². The van der Waals surface area contributed by atoms with E-state index in [4.69, 9.17) is 23.2 Å². The molecule has 1 aliphatic rings. The van der Waals surface area contributed by atoms with Gasteiger partial charge in [0.15, 0.2) is 0 Å². The van der Waals surface area contributed by atoms with Crippen LogP contribution in [0.15, 0.2) is 42.5 Å². The van der Waals surface area contributed by atoms with E-state index >= 15 is 0 Å². The number of hydrogen-bond acceptors (Lipinski definition) is 5. The van der Waals surface area contributed by atoms with Crippen LogP contribution in [-0.2, 0) is 22.3 Å². The number of nitrogens with one attached hydrogen (secondary N) is 1. The van der Waals surface area contributed by atoms with E-state index in [1.165, 1.54) is 10.6 Å². The normalized spacial score (nSPS) is 15.6. The Bertz CT molecular complexity index is 1000. The molecule has 1 heterocycles. The van der Waals surface area contributed by atoms with Crippen molar-refractivity contribution < 1.29 is 13.2 Å². The van der Waals surface area contributed by atoms with Gasteiger partial charge in [0.25, 0.3) is 5.91 Å². The molecule has 0 saturated carbocycles. The van der Waals surface area contributed by atoms with E-state index < -0.39 is 10.0 Å². The molecule has 1 amide bonds. The quantitative estimate of drug-likeness (QED) is 0.515. The highest BCUT2D eigenvalue weighted by molar-refractivity contribution is 7.98. The Labute approximate surface area is 204 Å². The number of carbonyl (C=O) groups is 1. The van der Waals surface area contributed by atoms with Crippen LogP contribution in [0.25, 0.3) is 0 Å². The third-order valence-corrected chi connectivity index (χ3v) is 8.26. The monoisotopic (exact) mass is 515 g/mol. The van der Waals surface area contributed by atoms with Gasteiger partial charge in [-0.1, -0.05) is 41.4 Å². The van der Waals surface area contributed by atoms with Crippen molar-refractivity contribution in [3.8, 4) is 0 Å². The lowest BCUT2D eigenvalue weighted by Gasteiger charge is -2.33. The molecule has 10 heteroatoms. The smallest absolute Gasteiger partial charge is 0.251 e. The number of rotatable bonds is 9. The van der Waals surface area contributed by atoms with Gasteiger partial charge in [-0.05, 0) is 35.4 Å². The average Bonchev–Trinajstić information content (AvgIpc) is 2.75. The van der Waals surface area contributed by atoms with Gasteiger partial charge in [0, 0.05) is 66.4 Å². The lowest BCUT2D eigenvalue weighted by Crippen LogP contribution is -2.47. The van der Waals surface area contributed by atoms with Crippen molar-refractivity contribution in [2.75, 3.05) is 44.7 Å². The fraction of sp³-hybridized carbons (Fsp3) is 0.409. The number of carbonyl (C=O) groups excluding carboxylic acids is 1. The zero-order valence-corrected chi connectivity index (χ0v) is 21.0. The molecule has 6 nitrogen and oxygen atoms in total. The molecule has 0 radical (unpaired) electrons. The second-order valence-electron chi connectivity index (χ2n) is 7.64. The number of sulfonamides is 1. The van der Waals surface area contributed by atoms with Crippen LogP contribution in [0, 0.1) is 0 Å². The van der Waals surface area contributed by atoms with E-state index in [1.54, 1.807) is 11.8 Å². The number of amides is 1. The van der Waals surface area contributed by atoms with Crippen LogP contribution in [0.2, 0.25) is 10.0 Å². The standard InChI is InChI=1S/C22H27Cl2N3O3S2/c1-32(29,30)27-12-10-26(11-13-27)15-17-5-7-18(8-6-17)22(28)25-9-14-31-16-19-20(23)3-2-4-21(19)24/h2-8H,9-16H2,1H3,(H,25,28). The Morgan fingerprint density at radius 1 is 1.03 bits per heavy atom. The van der Waals surface area contributed by atoms with Crippen molar-refractivity contribution in [3.05, 3.63) is 69.2 Å². The molecule has 0 aliphatic carbocycles. The van der Waals surface area contributed by atoms with Gasteiger partial charge in [-0.2, -0.15) is 16.1 Å². The third kappa shape index (κ3) is 7.37. The van der Waals surface area contributed by atoms with Gasteiger partial charge in [-0.15, -0.1) is 0 Å². The van der Waals surface area contributed by atoms with Crippen LogP contribution in [-0.4, -0.2) is 68.3 Å². The van der Waals surface area contributed by atoms with Crippen molar-refractivity contribution in [1.29, 1.82) is 0 Å². The topological polar surface area (TPSA) is 69.7 Å². The Kier molecular flexibility index (Phi) is 9.28. The molecule has 0 aromatic heterocycles. The summed E-state index contributed by atoms with van der Waals surface area (Å²) in [6, 6.07) is 13.0. The highest BCUT2D eigenvalue weighted by Crippen LogP contribution is 2.28. The first-order valence-electron chi connectivity index (χ1n) is 10.3. The van der Waals surface area contributed by atoms with Crippen molar-refractivity contribution in [2.24, 2.45) is 0 Å². The molecule has 1 N–H and O–H groups in total. The molecule has 1 fully saturated rings. The molecule has 0 unspecified atom stereocenters. The Hall–Kier alpha value is -1.29. The molecule has 2 aromatic carbocycles. The van der Waals surface area contributed by atoms with E-state index in [0.29, 0.717) is 54.1 Å². The van der Waals surface area contributed by atoms with Crippen LogP contribution < -0.4 is 5.32 Å². The van der Waals surface area contributed by atoms with Crippen LogP contribution in [0.5, 0.6) is 0 Å². The van der Waals surface area contributed by atoms with Gasteiger partial charge in [0.1, 0.15) is 0 Å². The summed E-state index contributed by atoms with van der Waals surface area (Å²) in [5.74, 6) is 1.35. The van der Waals surface area contributed by atoms with Crippen molar-refractivity contribution in [1.82, 2.24) is 14.5 Å². The van der Waals surface area contributed by atoms with E-state index in [2.05, 4.69) is 10.2 Å². The molecule has 32 heavy (non-hydrogen) atoms. The molecule has 174 valence electrons. The minimum atomic E-state index is -3.12. The summed E-state index contributed by atoms with van der Waals surface area (Å²) in [5, 5.41) is 4.25. The molecule has 0 spiro atoms. The second-order valence-corrected chi connectivity index (χ2v) is 11.5. The van der Waals surface area contributed by atoms with E-state index in [0.717, 1.165) is 23.4 Å². The van der Waals surface area contributed by atoms with E-state index in [-0.39, 0.29) is 5.91 Å². The van der Waals surface area contributed by atoms with Crippen molar-refractivity contribution in [2.45, 2.75) is 12.3 Å². The predicted octanol–water partition coefficient (Wildman–Crippen LogP) is 3.73. The van der Waals surface area contributed by atoms with E-state index in [1.807, 2.05) is 42.5 Å². The Morgan fingerprint density at radius 2 is 1.66 bits per heavy atom. The number of thioether (sulfide) groups is 1. The summed E-state index contributed by atoms with van der Waals surface area (Å²) in [6.45, 7) is 3.72. The minimum Gasteiger partial charge on any atom is -0.351 e. The van der Waals surface area contributed by atoms with Gasteiger partial charge >= 0.3 is 0 Å². The van der Waals surface area contributed by atoms with Gasteiger partial charge in [0.05, 0.1) is 6.26 Å². The summed E-state index contributed by atoms with van der Waals surface area (Å²) in [5.41, 5.74) is 2.64. The first-order valence-corrected chi connectivity index (χ1v) is 14.0. The maximum atomic E-state index is 12.4. The predicted molar refractivity (Wildman–Crippen MR) is 133 cm³/mol. The van der Waals surface area contributed by atoms with Gasteiger partial charge in [-0.3, -0.25) is 9.69 Å². The lowest BCUT2D eigenvalue weighted by molar-refractivity contribution is 0.0956. The molecule has 1 aliphatic heterocycles. The third-order valence-electron chi connectivity index (χ3n) is 5.26. The van der Waals surface area contributed by atoms with E-state index in [9.17, 15) is 13.2 Å². The molecule has 1 saturated heterocycles. The Morgan fingerprint density at radius 3 is 2.25 bits per heavy atom. The first-order chi connectivity index (χ1) is 15.2. The summed E-state index contributed by atoms with van der Waals surface area (Å²) < 4.78 is 24.7. The number of hydrogen-bond donors (Lipinski definition) is 1. The number of nitrogens with zero attached hydrogens (tertiary/aromatic N) is 2. The molecule has 2 aromatic rings. The fourth-order valence-corrected chi connectivity index (χ4v) is 5.84. The number of benzene rings is 2. The average molecular weight is 517 g/mol. The Balaban J connectivity index is 1.38. The molecular formula is C22H27Cl2N3O3S2. The SMILES string of the molecule is CS(=O)(=O)N1CCN(Cc2ccc(C(=O)NCCSCc3c(Cl)cccc3Cl)cc2)CC1. The zero-order chi connectivity index (χ0) is 23.1. The van der Waals surface area contributed by atoms with Crippen LogP contribution in [0.1, 0.15) is 21.5 Å². The number of halogens is 2. The first kappa shape index (κ1) is 25.3. The second kappa shape index (κ2) is 11.7. The van der Waals surface area contributed by atoms with Crippen molar-refractivity contribution in [3.63, 3.8) is 0 Å². The maximum absolute atomic E-state index is 12.4. The summed E-state index contributed by atoms with van der Waals surface area (Å²) in [6.07, 6.45) is 1.25. The number of piperazine rings is 1. The largest absolute Gasteiger partial charge is 0.351 e. The maximum Gasteiger partial charge on any atom is 0.251 e. The summed E-state index contributed by atoms with van der Waals surface area (Å²) >= 11 is 14.0. The molecular weight excluding hydrogens is 489 g/mol. The zero-order valence-electron chi connectivity index (χ0n) is 17.9. The van der Waals surface area contributed by atoms with Gasteiger partial charge in [0.2, 0.25) is 10.0 Å². The minimum absolute atomic E-state index is 0.102. The van der Waals surface area contributed by atoms with Gasteiger partial charge in [-0.25, -0.2) is 8.42 Å². The lowest BCUT2D eigenvalue weighted by atomic mass is 10.1.